The minimum absolute atomic E-state index is 0.250. The summed E-state index contributed by atoms with van der Waals surface area (Å²) in [4.78, 5) is 0. The van der Waals surface area contributed by atoms with Crippen molar-refractivity contribution in [3.63, 3.8) is 0 Å². The van der Waals surface area contributed by atoms with Gasteiger partial charge in [-0.15, -0.1) is 0 Å². The first-order chi connectivity index (χ1) is 7.46. The van der Waals surface area contributed by atoms with E-state index in [0.29, 0.717) is 17.5 Å². The Morgan fingerprint density at radius 1 is 1.50 bits per heavy atom. The van der Waals surface area contributed by atoms with Crippen LogP contribution in [0.3, 0.4) is 0 Å². The Morgan fingerprint density at radius 2 is 2.19 bits per heavy atom. The summed E-state index contributed by atoms with van der Waals surface area (Å²) in [6.07, 6.45) is 1.36. The molecule has 90 valence electrons. The summed E-state index contributed by atoms with van der Waals surface area (Å²) in [6.45, 7) is 2.56. The average molecular weight is 290 g/mol. The second-order valence-corrected chi connectivity index (χ2v) is 5.08. The second kappa shape index (κ2) is 5.75. The minimum atomic E-state index is -0.383. The van der Waals surface area contributed by atoms with E-state index < -0.39 is 0 Å². The molecule has 1 unspecified atom stereocenters. The molecule has 0 bridgehead atoms. The topological polar surface area (TPSA) is 35.2 Å². The van der Waals surface area contributed by atoms with E-state index in [-0.39, 0.29) is 11.4 Å². The van der Waals surface area contributed by atoms with Crippen molar-refractivity contribution in [1.29, 1.82) is 0 Å². The third-order valence-electron chi connectivity index (χ3n) is 2.50. The molecule has 4 heteroatoms. The lowest BCUT2D eigenvalue weighted by Crippen LogP contribution is -2.39. The summed E-state index contributed by atoms with van der Waals surface area (Å²) in [6, 6.07) is 5.00. The molecular formula is C12H17BrFNO. The zero-order valence-electron chi connectivity index (χ0n) is 9.59. The molecule has 0 radical (unpaired) electrons. The van der Waals surface area contributed by atoms with Crippen molar-refractivity contribution >= 4 is 15.9 Å². The Hall–Kier alpha value is -0.450. The zero-order valence-corrected chi connectivity index (χ0v) is 11.2. The van der Waals surface area contributed by atoms with E-state index in [0.717, 1.165) is 12.0 Å². The van der Waals surface area contributed by atoms with Gasteiger partial charge in [0.15, 0.2) is 0 Å². The first-order valence-corrected chi connectivity index (χ1v) is 5.96. The number of ether oxygens (including phenoxy) is 1. The molecule has 0 aromatic heterocycles. The van der Waals surface area contributed by atoms with Crippen molar-refractivity contribution in [2.24, 2.45) is 5.73 Å². The van der Waals surface area contributed by atoms with E-state index in [1.165, 1.54) is 6.07 Å². The summed E-state index contributed by atoms with van der Waals surface area (Å²) in [7, 11) is 1.65. The van der Waals surface area contributed by atoms with Crippen LogP contribution in [0.4, 0.5) is 4.39 Å². The lowest BCUT2D eigenvalue weighted by Gasteiger charge is -2.25. The standard InChI is InChI=1S/C12H17BrFNO/c1-12(15,6-7-16-2)8-9-4-3-5-10(14)11(9)13/h3-5H,6-8,15H2,1-2H3. The maximum atomic E-state index is 13.3. The third kappa shape index (κ3) is 3.85. The molecule has 2 nitrogen and oxygen atoms in total. The Balaban J connectivity index is 2.75. The van der Waals surface area contributed by atoms with E-state index in [9.17, 15) is 4.39 Å². The number of benzene rings is 1. The van der Waals surface area contributed by atoms with Crippen LogP contribution in [-0.2, 0) is 11.2 Å². The van der Waals surface area contributed by atoms with Crippen molar-refractivity contribution in [2.75, 3.05) is 13.7 Å². The highest BCUT2D eigenvalue weighted by atomic mass is 79.9. The van der Waals surface area contributed by atoms with Crippen LogP contribution in [0, 0.1) is 5.82 Å². The van der Waals surface area contributed by atoms with Crippen LogP contribution >= 0.6 is 15.9 Å². The fourth-order valence-corrected chi connectivity index (χ4v) is 1.95. The third-order valence-corrected chi connectivity index (χ3v) is 3.39. The van der Waals surface area contributed by atoms with Gasteiger partial charge in [-0.2, -0.15) is 0 Å². The highest BCUT2D eigenvalue weighted by molar-refractivity contribution is 9.10. The van der Waals surface area contributed by atoms with Crippen LogP contribution in [0.5, 0.6) is 0 Å². The SMILES string of the molecule is COCCC(C)(N)Cc1cccc(F)c1Br. The molecule has 0 aliphatic heterocycles. The summed E-state index contributed by atoms with van der Waals surface area (Å²) in [5.41, 5.74) is 6.64. The van der Waals surface area contributed by atoms with Crippen molar-refractivity contribution in [3.05, 3.63) is 34.1 Å². The first kappa shape index (κ1) is 13.6. The summed E-state index contributed by atoms with van der Waals surface area (Å²) < 4.78 is 18.8. The van der Waals surface area contributed by atoms with E-state index in [1.807, 2.05) is 13.0 Å². The van der Waals surface area contributed by atoms with Gasteiger partial charge in [0.05, 0.1) is 4.47 Å². The van der Waals surface area contributed by atoms with Crippen LogP contribution in [0.2, 0.25) is 0 Å². The number of methoxy groups -OCH3 is 1. The number of hydrogen-bond donors (Lipinski definition) is 1. The van der Waals surface area contributed by atoms with Crippen LogP contribution in [0.1, 0.15) is 18.9 Å². The van der Waals surface area contributed by atoms with E-state index in [1.54, 1.807) is 13.2 Å². The molecule has 16 heavy (non-hydrogen) atoms. The second-order valence-electron chi connectivity index (χ2n) is 4.29. The van der Waals surface area contributed by atoms with E-state index >= 15 is 0 Å². The van der Waals surface area contributed by atoms with Gasteiger partial charge in [0.25, 0.3) is 0 Å². The molecule has 1 rings (SSSR count). The van der Waals surface area contributed by atoms with Crippen molar-refractivity contribution in [3.8, 4) is 0 Å². The van der Waals surface area contributed by atoms with Crippen LogP contribution in [0.15, 0.2) is 22.7 Å². The molecule has 1 atom stereocenters. The van der Waals surface area contributed by atoms with Gasteiger partial charge in [-0.05, 0) is 47.3 Å². The Labute approximate surface area is 104 Å². The minimum Gasteiger partial charge on any atom is -0.385 e. The smallest absolute Gasteiger partial charge is 0.137 e. The van der Waals surface area contributed by atoms with Gasteiger partial charge in [0.2, 0.25) is 0 Å². The molecule has 0 saturated carbocycles. The maximum absolute atomic E-state index is 13.3. The number of nitrogens with two attached hydrogens (primary N) is 1. The molecule has 0 aliphatic carbocycles. The predicted molar refractivity (Wildman–Crippen MR) is 66.9 cm³/mol. The normalized spacial score (nSPS) is 14.8. The Kier molecular flexibility index (Phi) is 4.89. The predicted octanol–water partition coefficient (Wildman–Crippen LogP) is 2.88. The van der Waals surface area contributed by atoms with Gasteiger partial charge in [-0.3, -0.25) is 0 Å². The molecule has 0 saturated heterocycles. The summed E-state index contributed by atoms with van der Waals surface area (Å²) in [5.74, 6) is -0.250. The maximum Gasteiger partial charge on any atom is 0.137 e. The highest BCUT2D eigenvalue weighted by Gasteiger charge is 2.20. The van der Waals surface area contributed by atoms with Gasteiger partial charge in [0, 0.05) is 19.3 Å². The van der Waals surface area contributed by atoms with Crippen LogP contribution in [0.25, 0.3) is 0 Å². The largest absolute Gasteiger partial charge is 0.385 e. The highest BCUT2D eigenvalue weighted by Crippen LogP contribution is 2.24. The lowest BCUT2D eigenvalue weighted by atomic mass is 9.91. The summed E-state index contributed by atoms with van der Waals surface area (Å²) in [5, 5.41) is 0. The molecule has 2 N–H and O–H groups in total. The monoisotopic (exact) mass is 289 g/mol. The van der Waals surface area contributed by atoms with E-state index in [2.05, 4.69) is 15.9 Å². The fourth-order valence-electron chi connectivity index (χ4n) is 1.54. The molecular weight excluding hydrogens is 273 g/mol. The van der Waals surface area contributed by atoms with Gasteiger partial charge in [-0.1, -0.05) is 12.1 Å². The zero-order chi connectivity index (χ0) is 12.2. The van der Waals surface area contributed by atoms with Gasteiger partial charge in [-0.25, -0.2) is 4.39 Å². The van der Waals surface area contributed by atoms with Gasteiger partial charge < -0.3 is 10.5 Å². The lowest BCUT2D eigenvalue weighted by molar-refractivity contribution is 0.171. The van der Waals surface area contributed by atoms with Crippen LogP contribution in [-0.4, -0.2) is 19.3 Å². The van der Waals surface area contributed by atoms with Crippen LogP contribution < -0.4 is 5.73 Å². The average Bonchev–Trinajstić information content (AvgIpc) is 2.22. The van der Waals surface area contributed by atoms with Crippen molar-refractivity contribution in [2.45, 2.75) is 25.3 Å². The Bertz CT molecular complexity index is 355. The molecule has 0 fully saturated rings. The number of rotatable bonds is 5. The molecule has 0 amide bonds. The Morgan fingerprint density at radius 3 is 2.81 bits per heavy atom. The molecule has 1 aromatic rings. The van der Waals surface area contributed by atoms with Gasteiger partial charge >= 0.3 is 0 Å². The van der Waals surface area contributed by atoms with Crippen molar-refractivity contribution < 1.29 is 9.13 Å². The fraction of sp³-hybridized carbons (Fsp3) is 0.500. The summed E-state index contributed by atoms with van der Waals surface area (Å²) >= 11 is 3.24. The quantitative estimate of drug-likeness (QED) is 0.905. The molecule has 1 aromatic carbocycles. The number of hydrogen-bond acceptors (Lipinski definition) is 2. The van der Waals surface area contributed by atoms with E-state index in [4.69, 9.17) is 10.5 Å². The first-order valence-electron chi connectivity index (χ1n) is 5.17. The molecule has 0 aliphatic rings. The van der Waals surface area contributed by atoms with Gasteiger partial charge in [0.1, 0.15) is 5.82 Å². The van der Waals surface area contributed by atoms with Crippen molar-refractivity contribution in [1.82, 2.24) is 0 Å². The molecule has 0 spiro atoms. The number of halogens is 2. The molecule has 0 heterocycles.